The van der Waals surface area contributed by atoms with Gasteiger partial charge in [0.1, 0.15) is 22.7 Å². The normalized spacial score (nSPS) is 14.8. The van der Waals surface area contributed by atoms with E-state index in [2.05, 4.69) is 31.9 Å². The van der Waals surface area contributed by atoms with Crippen molar-refractivity contribution in [1.29, 1.82) is 0 Å². The predicted molar refractivity (Wildman–Crippen MR) is 138 cm³/mol. The highest BCUT2D eigenvalue weighted by Gasteiger charge is 2.20. The molecule has 5 rings (SSSR count). The van der Waals surface area contributed by atoms with Crippen molar-refractivity contribution >= 4 is 22.4 Å². The van der Waals surface area contributed by atoms with Crippen molar-refractivity contribution in [2.24, 2.45) is 0 Å². The van der Waals surface area contributed by atoms with Gasteiger partial charge in [-0.2, -0.15) is 0 Å². The number of ether oxygens (including phenoxy) is 1. The second-order valence-electron chi connectivity index (χ2n) is 9.04. The van der Waals surface area contributed by atoms with Gasteiger partial charge in [-0.05, 0) is 50.2 Å². The molecule has 1 saturated heterocycles. The molecule has 3 aromatic heterocycles. The van der Waals surface area contributed by atoms with Crippen LogP contribution in [0.3, 0.4) is 0 Å². The molecular weight excluding hydrogens is 444 g/mol. The molecule has 0 unspecified atom stereocenters. The number of aryl methyl sites for hydroxylation is 3. The van der Waals surface area contributed by atoms with Crippen molar-refractivity contribution in [2.45, 2.75) is 33.2 Å². The maximum atomic E-state index is 13.5. The van der Waals surface area contributed by atoms with Gasteiger partial charge >= 0.3 is 0 Å². The van der Waals surface area contributed by atoms with Crippen molar-refractivity contribution < 1.29 is 4.74 Å². The maximum Gasteiger partial charge on any atom is 0.277 e. The van der Waals surface area contributed by atoms with Crippen LogP contribution in [0.5, 0.6) is 5.75 Å². The number of H-pyrrole nitrogens is 1. The quantitative estimate of drug-likeness (QED) is 0.441. The maximum absolute atomic E-state index is 13.5. The molecule has 1 aliphatic heterocycles. The fourth-order valence-corrected chi connectivity index (χ4v) is 5.09. The minimum absolute atomic E-state index is 0.0569. The van der Waals surface area contributed by atoms with Gasteiger partial charge in [-0.25, -0.2) is 4.98 Å². The van der Waals surface area contributed by atoms with Crippen LogP contribution in [0.15, 0.2) is 46.0 Å². The Bertz CT molecular complexity index is 1460. The highest BCUT2D eigenvalue weighted by atomic mass is 16.5. The predicted octanol–water partition coefficient (Wildman–Crippen LogP) is 2.43. The summed E-state index contributed by atoms with van der Waals surface area (Å²) in [5.41, 5.74) is 3.58. The van der Waals surface area contributed by atoms with Crippen LogP contribution in [0, 0.1) is 6.92 Å². The van der Waals surface area contributed by atoms with E-state index in [9.17, 15) is 9.59 Å². The average molecular weight is 477 g/mol. The molecule has 9 nitrogen and oxygen atoms in total. The summed E-state index contributed by atoms with van der Waals surface area (Å²) in [5.74, 6) is 1.65. The van der Waals surface area contributed by atoms with Crippen LogP contribution in [0.1, 0.15) is 24.9 Å². The second-order valence-corrected chi connectivity index (χ2v) is 9.04. The minimum Gasteiger partial charge on any atom is -0.497 e. The van der Waals surface area contributed by atoms with E-state index in [0.29, 0.717) is 29.8 Å². The largest absolute Gasteiger partial charge is 0.497 e. The van der Waals surface area contributed by atoms with E-state index in [-0.39, 0.29) is 11.1 Å². The summed E-state index contributed by atoms with van der Waals surface area (Å²) in [6, 6.07) is 11.4. The van der Waals surface area contributed by atoms with Gasteiger partial charge in [-0.15, -0.1) is 0 Å². The van der Waals surface area contributed by atoms with Crippen molar-refractivity contribution in [3.63, 3.8) is 0 Å². The Morgan fingerprint density at radius 1 is 1.00 bits per heavy atom. The van der Waals surface area contributed by atoms with Crippen LogP contribution in [0.2, 0.25) is 0 Å². The van der Waals surface area contributed by atoms with Crippen molar-refractivity contribution in [1.82, 2.24) is 23.8 Å². The average Bonchev–Trinajstić information content (AvgIpc) is 3.23. The van der Waals surface area contributed by atoms with Crippen molar-refractivity contribution in [3.8, 4) is 5.75 Å². The third kappa shape index (κ3) is 4.32. The van der Waals surface area contributed by atoms with Gasteiger partial charge in [0, 0.05) is 50.9 Å². The zero-order chi connectivity index (χ0) is 24.5. The molecule has 4 heterocycles. The lowest BCUT2D eigenvalue weighted by Gasteiger charge is -2.36. The summed E-state index contributed by atoms with van der Waals surface area (Å²) in [4.78, 5) is 38.0. The number of hydrogen-bond donors (Lipinski definition) is 1. The summed E-state index contributed by atoms with van der Waals surface area (Å²) >= 11 is 0. The van der Waals surface area contributed by atoms with Crippen molar-refractivity contribution in [3.05, 3.63) is 68.6 Å². The fraction of sp³-hybridized carbons (Fsp3) is 0.423. The monoisotopic (exact) mass is 476 g/mol. The number of benzene rings is 1. The summed E-state index contributed by atoms with van der Waals surface area (Å²) in [7, 11) is 1.68. The van der Waals surface area contributed by atoms with Crippen LogP contribution in [-0.2, 0) is 13.0 Å². The van der Waals surface area contributed by atoms with Gasteiger partial charge in [0.15, 0.2) is 0 Å². The van der Waals surface area contributed by atoms with E-state index in [0.717, 1.165) is 56.2 Å². The summed E-state index contributed by atoms with van der Waals surface area (Å²) < 4.78 is 8.88. The van der Waals surface area contributed by atoms with E-state index in [4.69, 9.17) is 4.74 Å². The Morgan fingerprint density at radius 2 is 1.74 bits per heavy atom. The fourth-order valence-electron chi connectivity index (χ4n) is 5.09. The Balaban J connectivity index is 1.31. The summed E-state index contributed by atoms with van der Waals surface area (Å²) in [5, 5.41) is 0. The van der Waals surface area contributed by atoms with Crippen LogP contribution in [-0.4, -0.2) is 63.7 Å². The Hall–Kier alpha value is -3.59. The number of imidazole rings is 1. The highest BCUT2D eigenvalue weighted by molar-refractivity contribution is 5.76. The smallest absolute Gasteiger partial charge is 0.277 e. The molecular formula is C26H32N6O3. The van der Waals surface area contributed by atoms with Gasteiger partial charge in [-0.3, -0.25) is 18.9 Å². The van der Waals surface area contributed by atoms with Crippen molar-refractivity contribution in [2.75, 3.05) is 44.7 Å². The third-order valence-corrected chi connectivity index (χ3v) is 6.94. The SMILES string of the molecule is CCc1nc(C)c2c(=O)n(CCCN3CCN(c4ccc(OC)cc4)CC3)c3ccc(=O)[nH]c3n12. The number of hydrogen-bond acceptors (Lipinski definition) is 6. The van der Waals surface area contributed by atoms with E-state index in [1.807, 2.05) is 30.4 Å². The van der Waals surface area contributed by atoms with E-state index in [1.54, 1.807) is 17.7 Å². The molecule has 1 aliphatic rings. The van der Waals surface area contributed by atoms with Gasteiger partial charge < -0.3 is 19.2 Å². The number of pyridine rings is 1. The number of fused-ring (bicyclic) bond motifs is 3. The Morgan fingerprint density at radius 3 is 2.43 bits per heavy atom. The molecule has 4 aromatic rings. The zero-order valence-corrected chi connectivity index (χ0v) is 20.6. The summed E-state index contributed by atoms with van der Waals surface area (Å²) in [6.07, 6.45) is 1.52. The number of nitrogens with zero attached hydrogens (tertiary/aromatic N) is 5. The topological polar surface area (TPSA) is 87.9 Å². The van der Waals surface area contributed by atoms with Crippen LogP contribution >= 0.6 is 0 Å². The lowest BCUT2D eigenvalue weighted by Crippen LogP contribution is -2.46. The number of nitrogens with one attached hydrogen (secondary N) is 1. The molecule has 0 aliphatic carbocycles. The standard InChI is InChI=1S/C26H32N6O3/c1-4-22-27-18(2)24-26(34)31(21-10-11-23(33)28-25(21)32(22)24)13-5-12-29-14-16-30(17-15-29)19-6-8-20(35-3)9-7-19/h6-11H,4-5,12-17H2,1-3H3,(H,28,33). The molecule has 1 N–H and O–H groups in total. The van der Waals surface area contributed by atoms with E-state index >= 15 is 0 Å². The van der Waals surface area contributed by atoms with Crippen LogP contribution in [0.25, 0.3) is 16.7 Å². The number of methoxy groups -OCH3 is 1. The van der Waals surface area contributed by atoms with Crippen LogP contribution in [0.4, 0.5) is 5.69 Å². The van der Waals surface area contributed by atoms with Gasteiger partial charge in [0.25, 0.3) is 5.56 Å². The molecule has 1 fully saturated rings. The molecule has 0 atom stereocenters. The van der Waals surface area contributed by atoms with Gasteiger partial charge in [0.2, 0.25) is 5.56 Å². The first kappa shape index (κ1) is 23.2. The zero-order valence-electron chi connectivity index (χ0n) is 20.6. The Labute approximate surface area is 203 Å². The molecule has 35 heavy (non-hydrogen) atoms. The number of rotatable bonds is 7. The van der Waals surface area contributed by atoms with E-state index in [1.165, 1.54) is 11.8 Å². The highest BCUT2D eigenvalue weighted by Crippen LogP contribution is 2.21. The molecule has 0 spiro atoms. The number of piperazine rings is 1. The second kappa shape index (κ2) is 9.58. The van der Waals surface area contributed by atoms with Gasteiger partial charge in [0.05, 0.1) is 18.3 Å². The van der Waals surface area contributed by atoms with Crippen LogP contribution < -0.4 is 20.8 Å². The number of aromatic nitrogens is 4. The number of anilines is 1. The molecule has 184 valence electrons. The molecule has 9 heteroatoms. The first-order chi connectivity index (χ1) is 17.0. The van der Waals surface area contributed by atoms with Gasteiger partial charge in [-0.1, -0.05) is 6.92 Å². The Kier molecular flexibility index (Phi) is 6.34. The molecule has 0 bridgehead atoms. The minimum atomic E-state index is -0.188. The number of aromatic amines is 1. The first-order valence-corrected chi connectivity index (χ1v) is 12.2. The first-order valence-electron chi connectivity index (χ1n) is 12.2. The van der Waals surface area contributed by atoms with E-state index < -0.39 is 0 Å². The molecule has 0 saturated carbocycles. The molecule has 0 radical (unpaired) electrons. The third-order valence-electron chi connectivity index (χ3n) is 6.94. The molecule has 0 amide bonds. The summed E-state index contributed by atoms with van der Waals surface area (Å²) in [6.45, 7) is 9.26. The molecule has 1 aromatic carbocycles. The lowest BCUT2D eigenvalue weighted by molar-refractivity contribution is 0.250. The lowest BCUT2D eigenvalue weighted by atomic mass is 10.2.